The van der Waals surface area contributed by atoms with Gasteiger partial charge in [-0.1, -0.05) is 84.4 Å². The topological polar surface area (TPSA) is 39.9 Å². The van der Waals surface area contributed by atoms with E-state index in [1.807, 2.05) is 30.3 Å². The van der Waals surface area contributed by atoms with E-state index in [0.29, 0.717) is 0 Å². The van der Waals surface area contributed by atoms with E-state index in [2.05, 4.69) is 94.5 Å². The molecule has 4 heteroatoms. The Kier molecular flexibility index (Phi) is 5.26. The van der Waals surface area contributed by atoms with Crippen LogP contribution in [0.1, 0.15) is 5.56 Å². The summed E-state index contributed by atoms with van der Waals surface area (Å²) >= 11 is 0. The number of benzene rings is 4. The number of aromatic nitrogens is 3. The zero-order valence-corrected chi connectivity index (χ0v) is 18.1. The largest absolute Gasteiger partial charge is 0.496 e. The van der Waals surface area contributed by atoms with Gasteiger partial charge in [-0.15, -0.1) is 10.2 Å². The van der Waals surface area contributed by atoms with E-state index in [9.17, 15) is 0 Å². The maximum Gasteiger partial charge on any atom is 0.172 e. The van der Waals surface area contributed by atoms with Gasteiger partial charge in [0.15, 0.2) is 11.6 Å². The van der Waals surface area contributed by atoms with Gasteiger partial charge in [0.1, 0.15) is 5.75 Å². The summed E-state index contributed by atoms with van der Waals surface area (Å²) < 4.78 is 7.70. The van der Waals surface area contributed by atoms with Crippen molar-refractivity contribution >= 4 is 0 Å². The van der Waals surface area contributed by atoms with Gasteiger partial charge >= 0.3 is 0 Å². The van der Waals surface area contributed by atoms with Gasteiger partial charge < -0.3 is 4.74 Å². The summed E-state index contributed by atoms with van der Waals surface area (Å²) in [5, 5.41) is 9.18. The smallest absolute Gasteiger partial charge is 0.172 e. The number of rotatable bonds is 5. The van der Waals surface area contributed by atoms with Crippen LogP contribution in [0.25, 0.3) is 39.6 Å². The Morgan fingerprint density at radius 2 is 1.19 bits per heavy atom. The molecule has 32 heavy (non-hydrogen) atoms. The normalized spacial score (nSPS) is 10.8. The predicted molar refractivity (Wildman–Crippen MR) is 129 cm³/mol. The SMILES string of the molecule is COc1ccccc1-c1nnc(-c2ccc(-c3ccccc3)cc2)n1-c1ccc(C)cc1. The van der Waals surface area contributed by atoms with E-state index >= 15 is 0 Å². The van der Waals surface area contributed by atoms with Crippen LogP contribution in [-0.4, -0.2) is 21.9 Å². The van der Waals surface area contributed by atoms with Crippen molar-refractivity contribution in [1.82, 2.24) is 14.8 Å². The van der Waals surface area contributed by atoms with E-state index < -0.39 is 0 Å². The van der Waals surface area contributed by atoms with Gasteiger partial charge in [-0.2, -0.15) is 0 Å². The Morgan fingerprint density at radius 3 is 1.91 bits per heavy atom. The second kappa shape index (κ2) is 8.52. The molecule has 0 saturated heterocycles. The molecule has 156 valence electrons. The van der Waals surface area contributed by atoms with E-state index in [0.717, 1.165) is 34.2 Å². The van der Waals surface area contributed by atoms with Gasteiger partial charge in [-0.3, -0.25) is 4.57 Å². The molecule has 0 radical (unpaired) electrons. The summed E-state index contributed by atoms with van der Waals surface area (Å²) in [5.41, 5.74) is 6.46. The third kappa shape index (κ3) is 3.67. The van der Waals surface area contributed by atoms with E-state index in [1.54, 1.807) is 7.11 Å². The van der Waals surface area contributed by atoms with Gasteiger partial charge in [-0.05, 0) is 42.3 Å². The lowest BCUT2D eigenvalue weighted by Gasteiger charge is -2.13. The lowest BCUT2D eigenvalue weighted by atomic mass is 10.0. The molecule has 5 aromatic rings. The number of hydrogen-bond donors (Lipinski definition) is 0. The first-order chi connectivity index (χ1) is 15.7. The number of methoxy groups -OCH3 is 1. The van der Waals surface area contributed by atoms with E-state index in [-0.39, 0.29) is 0 Å². The first-order valence-corrected chi connectivity index (χ1v) is 10.6. The molecule has 0 aliphatic heterocycles. The lowest BCUT2D eigenvalue weighted by molar-refractivity contribution is 0.416. The minimum Gasteiger partial charge on any atom is -0.496 e. The molecular weight excluding hydrogens is 394 g/mol. The molecule has 0 atom stereocenters. The van der Waals surface area contributed by atoms with Crippen LogP contribution >= 0.6 is 0 Å². The molecular formula is C28H23N3O. The van der Waals surface area contributed by atoms with Crippen LogP contribution in [0.2, 0.25) is 0 Å². The Labute approximate surface area is 187 Å². The molecule has 0 fully saturated rings. The number of nitrogens with zero attached hydrogens (tertiary/aromatic N) is 3. The fourth-order valence-corrected chi connectivity index (χ4v) is 3.86. The quantitative estimate of drug-likeness (QED) is 0.324. The van der Waals surface area contributed by atoms with Gasteiger partial charge in [0.05, 0.1) is 12.7 Å². The second-order valence-electron chi connectivity index (χ2n) is 7.66. The lowest BCUT2D eigenvalue weighted by Crippen LogP contribution is -2.01. The monoisotopic (exact) mass is 417 g/mol. The molecule has 0 amide bonds. The highest BCUT2D eigenvalue weighted by Crippen LogP contribution is 2.34. The molecule has 0 N–H and O–H groups in total. The number of ether oxygens (including phenoxy) is 1. The number of hydrogen-bond acceptors (Lipinski definition) is 3. The highest BCUT2D eigenvalue weighted by atomic mass is 16.5. The zero-order valence-electron chi connectivity index (χ0n) is 18.1. The summed E-state index contributed by atoms with van der Waals surface area (Å²) in [7, 11) is 1.68. The molecule has 0 aliphatic rings. The third-order valence-corrected chi connectivity index (χ3v) is 5.55. The fourth-order valence-electron chi connectivity index (χ4n) is 3.86. The Morgan fingerprint density at radius 1 is 0.594 bits per heavy atom. The molecule has 0 unspecified atom stereocenters. The van der Waals surface area contributed by atoms with E-state index in [1.165, 1.54) is 16.7 Å². The molecule has 0 spiro atoms. The van der Waals surface area contributed by atoms with Crippen molar-refractivity contribution in [3.63, 3.8) is 0 Å². The van der Waals surface area contributed by atoms with Crippen LogP contribution in [0.5, 0.6) is 5.75 Å². The number of aryl methyl sites for hydroxylation is 1. The fraction of sp³-hybridized carbons (Fsp3) is 0.0714. The zero-order chi connectivity index (χ0) is 21.9. The highest BCUT2D eigenvalue weighted by Gasteiger charge is 2.19. The van der Waals surface area contributed by atoms with Crippen LogP contribution in [0.3, 0.4) is 0 Å². The maximum atomic E-state index is 5.61. The van der Waals surface area contributed by atoms with Gasteiger partial charge in [0, 0.05) is 11.3 Å². The summed E-state index contributed by atoms with van der Waals surface area (Å²) in [6.07, 6.45) is 0. The molecule has 0 aliphatic carbocycles. The Bertz CT molecular complexity index is 1340. The minimum absolute atomic E-state index is 0.744. The van der Waals surface area contributed by atoms with Crippen molar-refractivity contribution in [1.29, 1.82) is 0 Å². The van der Waals surface area contributed by atoms with Crippen molar-refractivity contribution in [3.8, 4) is 45.3 Å². The van der Waals surface area contributed by atoms with Crippen molar-refractivity contribution in [2.24, 2.45) is 0 Å². The van der Waals surface area contributed by atoms with Crippen LogP contribution < -0.4 is 4.74 Å². The molecule has 0 bridgehead atoms. The summed E-state index contributed by atoms with van der Waals surface area (Å²) in [4.78, 5) is 0. The van der Waals surface area contributed by atoms with Crippen molar-refractivity contribution in [3.05, 3.63) is 109 Å². The molecule has 1 heterocycles. The van der Waals surface area contributed by atoms with Crippen LogP contribution in [0.4, 0.5) is 0 Å². The Hall–Kier alpha value is -4.18. The second-order valence-corrected chi connectivity index (χ2v) is 7.66. The Balaban J connectivity index is 1.66. The molecule has 5 rings (SSSR count). The van der Waals surface area contributed by atoms with Crippen LogP contribution in [-0.2, 0) is 0 Å². The van der Waals surface area contributed by atoms with Crippen LogP contribution in [0, 0.1) is 6.92 Å². The average Bonchev–Trinajstić information content (AvgIpc) is 3.30. The first kappa shape index (κ1) is 19.8. The molecule has 4 nitrogen and oxygen atoms in total. The van der Waals surface area contributed by atoms with Crippen molar-refractivity contribution in [2.75, 3.05) is 7.11 Å². The maximum absolute atomic E-state index is 5.61. The first-order valence-electron chi connectivity index (χ1n) is 10.6. The van der Waals surface area contributed by atoms with Gasteiger partial charge in [0.2, 0.25) is 0 Å². The van der Waals surface area contributed by atoms with Crippen molar-refractivity contribution in [2.45, 2.75) is 6.92 Å². The third-order valence-electron chi connectivity index (χ3n) is 5.55. The summed E-state index contributed by atoms with van der Waals surface area (Å²) in [5.74, 6) is 2.29. The van der Waals surface area contributed by atoms with Crippen molar-refractivity contribution < 1.29 is 4.74 Å². The minimum atomic E-state index is 0.744. The average molecular weight is 418 g/mol. The predicted octanol–water partition coefficient (Wildman–Crippen LogP) is 6.59. The molecule has 4 aromatic carbocycles. The standard InChI is InChI=1S/C28H23N3O/c1-20-12-18-24(19-13-20)31-27(29-30-28(31)25-10-6-7-11-26(25)32-2)23-16-14-22(15-17-23)21-8-4-3-5-9-21/h3-19H,1-2H3. The van der Waals surface area contributed by atoms with Crippen LogP contribution in [0.15, 0.2) is 103 Å². The number of para-hydroxylation sites is 1. The summed E-state index contributed by atoms with van der Waals surface area (Å²) in [6.45, 7) is 2.08. The van der Waals surface area contributed by atoms with Gasteiger partial charge in [0.25, 0.3) is 0 Å². The summed E-state index contributed by atoms with van der Waals surface area (Å²) in [6, 6.07) is 35.1. The highest BCUT2D eigenvalue weighted by molar-refractivity contribution is 5.73. The molecule has 1 aromatic heterocycles. The molecule has 0 saturated carbocycles. The van der Waals surface area contributed by atoms with E-state index in [4.69, 9.17) is 4.74 Å². The van der Waals surface area contributed by atoms with Gasteiger partial charge in [-0.25, -0.2) is 0 Å².